The number of carbonyl (C=O) groups is 1. The summed E-state index contributed by atoms with van der Waals surface area (Å²) in [6, 6.07) is 3.31. The van der Waals surface area contributed by atoms with Crippen molar-refractivity contribution in [2.45, 2.75) is 24.2 Å². The summed E-state index contributed by atoms with van der Waals surface area (Å²) < 4.78 is 38.3. The molecule has 7 nitrogen and oxygen atoms in total. The maximum absolute atomic E-state index is 12.6. The number of nitrogens with zero attached hydrogens (tertiary/aromatic N) is 2. The predicted molar refractivity (Wildman–Crippen MR) is 99.3 cm³/mol. The molecule has 0 saturated carbocycles. The lowest BCUT2D eigenvalue weighted by Crippen LogP contribution is -2.52. The first kappa shape index (κ1) is 20.8. The number of piperazine rings is 1. The van der Waals surface area contributed by atoms with Crippen LogP contribution in [0.2, 0.25) is 0 Å². The second kappa shape index (κ2) is 9.43. The highest BCUT2D eigenvalue weighted by Gasteiger charge is 2.32. The second-order valence-electron chi connectivity index (χ2n) is 5.50. The Bertz CT molecular complexity index is 671. The first-order valence-electron chi connectivity index (χ1n) is 8.10. The van der Waals surface area contributed by atoms with Gasteiger partial charge in [0.1, 0.15) is 10.3 Å². The molecule has 142 valence electrons. The fraction of sp³-hybridized carbons (Fsp3) is 0.667. The van der Waals surface area contributed by atoms with Crippen LogP contribution in [0.3, 0.4) is 0 Å². The third-order valence-corrected chi connectivity index (χ3v) is 7.83. The number of rotatable bonds is 8. The van der Waals surface area contributed by atoms with E-state index in [9.17, 15) is 13.2 Å². The van der Waals surface area contributed by atoms with Crippen LogP contribution in [0.5, 0.6) is 0 Å². The van der Waals surface area contributed by atoms with Crippen molar-refractivity contribution in [3.63, 3.8) is 0 Å². The van der Waals surface area contributed by atoms with Gasteiger partial charge in [-0.3, -0.25) is 4.79 Å². The van der Waals surface area contributed by atoms with Crippen LogP contribution in [0.15, 0.2) is 20.1 Å². The van der Waals surface area contributed by atoms with E-state index in [1.165, 1.54) is 15.6 Å². The van der Waals surface area contributed by atoms with Crippen LogP contribution in [0.1, 0.15) is 13.8 Å². The number of thiophene rings is 1. The maximum atomic E-state index is 12.6. The summed E-state index contributed by atoms with van der Waals surface area (Å²) in [6.45, 7) is 6.34. The van der Waals surface area contributed by atoms with Crippen LogP contribution in [-0.2, 0) is 24.3 Å². The maximum Gasteiger partial charge on any atom is 0.252 e. The summed E-state index contributed by atoms with van der Waals surface area (Å²) in [4.78, 5) is 14.0. The molecule has 1 aliphatic heterocycles. The molecule has 1 unspecified atom stereocenters. The van der Waals surface area contributed by atoms with E-state index in [0.717, 1.165) is 3.79 Å². The molecule has 1 saturated heterocycles. The van der Waals surface area contributed by atoms with E-state index in [1.54, 1.807) is 24.0 Å². The van der Waals surface area contributed by atoms with Crippen molar-refractivity contribution in [1.29, 1.82) is 0 Å². The van der Waals surface area contributed by atoms with Crippen LogP contribution in [0.25, 0.3) is 0 Å². The van der Waals surface area contributed by atoms with Gasteiger partial charge in [-0.1, -0.05) is 0 Å². The summed E-state index contributed by atoms with van der Waals surface area (Å²) in [6.07, 6.45) is -0.558. The van der Waals surface area contributed by atoms with E-state index in [0.29, 0.717) is 37.1 Å². The van der Waals surface area contributed by atoms with Crippen LogP contribution in [0.4, 0.5) is 0 Å². The monoisotopic (exact) mass is 454 g/mol. The largest absolute Gasteiger partial charge is 0.379 e. The Morgan fingerprint density at radius 1 is 1.28 bits per heavy atom. The predicted octanol–water partition coefficient (Wildman–Crippen LogP) is 1.79. The van der Waals surface area contributed by atoms with E-state index < -0.39 is 16.1 Å². The minimum atomic E-state index is -3.49. The lowest BCUT2D eigenvalue weighted by molar-refractivity contribution is -0.144. The third kappa shape index (κ3) is 5.48. The first-order valence-corrected chi connectivity index (χ1v) is 11.1. The number of sulfonamides is 1. The van der Waals surface area contributed by atoms with Gasteiger partial charge in [0.2, 0.25) is 0 Å². The van der Waals surface area contributed by atoms with Crippen molar-refractivity contribution >= 4 is 43.2 Å². The molecule has 0 aliphatic carbocycles. The molecule has 2 rings (SSSR count). The highest BCUT2D eigenvalue weighted by molar-refractivity contribution is 9.11. The molecule has 1 aliphatic rings. The average Bonchev–Trinajstić information content (AvgIpc) is 3.05. The summed E-state index contributed by atoms with van der Waals surface area (Å²) in [7, 11) is -3.49. The molecule has 0 aromatic carbocycles. The first-order chi connectivity index (χ1) is 11.9. The van der Waals surface area contributed by atoms with Crippen molar-refractivity contribution in [3.8, 4) is 0 Å². The molecule has 0 N–H and O–H groups in total. The molecular weight excluding hydrogens is 432 g/mol. The normalized spacial score (nSPS) is 17.6. The number of hydrogen-bond acceptors (Lipinski definition) is 6. The van der Waals surface area contributed by atoms with Gasteiger partial charge in [-0.2, -0.15) is 4.31 Å². The number of amides is 1. The van der Waals surface area contributed by atoms with Crippen molar-refractivity contribution in [2.24, 2.45) is 0 Å². The summed E-state index contributed by atoms with van der Waals surface area (Å²) >= 11 is 4.47. The number of hydrogen-bond donors (Lipinski definition) is 0. The zero-order chi connectivity index (χ0) is 18.4. The summed E-state index contributed by atoms with van der Waals surface area (Å²) in [5.74, 6) is -0.118. The Labute approximate surface area is 161 Å². The van der Waals surface area contributed by atoms with Gasteiger partial charge in [0.05, 0.1) is 17.0 Å². The quantitative estimate of drug-likeness (QED) is 0.559. The van der Waals surface area contributed by atoms with E-state index >= 15 is 0 Å². The smallest absolute Gasteiger partial charge is 0.252 e. The Balaban J connectivity index is 1.85. The standard InChI is InChI=1S/C15H23BrN2O5S2/c1-3-22-10-11-23-12(2)15(19)17-6-8-18(9-7-17)25(20,21)14-5-4-13(16)24-14/h4-5,12H,3,6-11H2,1-2H3. The Kier molecular flexibility index (Phi) is 7.84. The highest BCUT2D eigenvalue weighted by atomic mass is 79.9. The minimum absolute atomic E-state index is 0.118. The van der Waals surface area contributed by atoms with Gasteiger partial charge in [-0.05, 0) is 41.9 Å². The molecule has 1 amide bonds. The van der Waals surface area contributed by atoms with Crippen molar-refractivity contribution in [2.75, 3.05) is 46.0 Å². The van der Waals surface area contributed by atoms with Gasteiger partial charge >= 0.3 is 0 Å². The molecule has 2 heterocycles. The lowest BCUT2D eigenvalue weighted by atomic mass is 10.3. The van der Waals surface area contributed by atoms with Gasteiger partial charge in [-0.25, -0.2) is 8.42 Å². The molecule has 1 fully saturated rings. The SMILES string of the molecule is CCOCCOC(C)C(=O)N1CCN(S(=O)(=O)c2ccc(Br)s2)CC1. The van der Waals surface area contributed by atoms with Crippen molar-refractivity contribution in [1.82, 2.24) is 9.21 Å². The zero-order valence-corrected chi connectivity index (χ0v) is 17.5. The Morgan fingerprint density at radius 2 is 1.96 bits per heavy atom. The van der Waals surface area contributed by atoms with Gasteiger partial charge < -0.3 is 14.4 Å². The van der Waals surface area contributed by atoms with Gasteiger partial charge in [0, 0.05) is 32.8 Å². The molecule has 10 heteroatoms. The number of ether oxygens (including phenoxy) is 2. The summed E-state index contributed by atoms with van der Waals surface area (Å²) in [5, 5.41) is 0. The molecule has 25 heavy (non-hydrogen) atoms. The molecule has 1 aromatic heterocycles. The Hall–Kier alpha value is -0.520. The van der Waals surface area contributed by atoms with E-state index in [2.05, 4.69) is 15.9 Å². The third-order valence-electron chi connectivity index (χ3n) is 3.84. The van der Waals surface area contributed by atoms with Gasteiger partial charge in [0.15, 0.2) is 0 Å². The van der Waals surface area contributed by atoms with Gasteiger partial charge in [0.25, 0.3) is 15.9 Å². The molecular formula is C15H23BrN2O5S2. The average molecular weight is 455 g/mol. The second-order valence-corrected chi connectivity index (χ2v) is 10.1. The minimum Gasteiger partial charge on any atom is -0.379 e. The molecule has 0 bridgehead atoms. The summed E-state index contributed by atoms with van der Waals surface area (Å²) in [5.41, 5.74) is 0. The van der Waals surface area contributed by atoms with E-state index in [4.69, 9.17) is 9.47 Å². The molecule has 0 radical (unpaired) electrons. The highest BCUT2D eigenvalue weighted by Crippen LogP contribution is 2.29. The van der Waals surface area contributed by atoms with E-state index in [1.807, 2.05) is 6.92 Å². The number of carbonyl (C=O) groups excluding carboxylic acids is 1. The Morgan fingerprint density at radius 3 is 2.52 bits per heavy atom. The topological polar surface area (TPSA) is 76.2 Å². The fourth-order valence-corrected chi connectivity index (χ4v) is 6.06. The van der Waals surface area contributed by atoms with Crippen LogP contribution in [-0.4, -0.2) is 75.6 Å². The van der Waals surface area contributed by atoms with Crippen molar-refractivity contribution < 1.29 is 22.7 Å². The van der Waals surface area contributed by atoms with E-state index in [-0.39, 0.29) is 19.0 Å². The fourth-order valence-electron chi connectivity index (χ4n) is 2.47. The molecule has 1 atom stereocenters. The zero-order valence-electron chi connectivity index (χ0n) is 14.3. The van der Waals surface area contributed by atoms with Crippen LogP contribution < -0.4 is 0 Å². The number of halogens is 1. The van der Waals surface area contributed by atoms with Crippen LogP contribution >= 0.6 is 27.3 Å². The van der Waals surface area contributed by atoms with Crippen molar-refractivity contribution in [3.05, 3.63) is 15.9 Å². The molecule has 1 aromatic rings. The van der Waals surface area contributed by atoms with Crippen LogP contribution in [0, 0.1) is 0 Å². The van der Waals surface area contributed by atoms with Gasteiger partial charge in [-0.15, -0.1) is 11.3 Å². The molecule has 0 spiro atoms. The lowest BCUT2D eigenvalue weighted by Gasteiger charge is -2.34.